The van der Waals surface area contributed by atoms with Gasteiger partial charge in [0, 0.05) is 6.54 Å². The Morgan fingerprint density at radius 1 is 1.19 bits per heavy atom. The summed E-state index contributed by atoms with van der Waals surface area (Å²) >= 11 is 0. The van der Waals surface area contributed by atoms with Crippen molar-refractivity contribution in [3.8, 4) is 0 Å². The van der Waals surface area contributed by atoms with Crippen LogP contribution in [0.3, 0.4) is 0 Å². The molecule has 9 heteroatoms. The predicted octanol–water partition coefficient (Wildman–Crippen LogP) is -1.30. The number of hydrogen-bond donors (Lipinski definition) is 5. The lowest BCUT2D eigenvalue weighted by Gasteiger charge is -2.17. The lowest BCUT2D eigenvalue weighted by atomic mass is 10.1. The van der Waals surface area contributed by atoms with E-state index in [1.54, 1.807) is 0 Å². The number of nitrogens with two attached hydrogens (primary N) is 2. The smallest absolute Gasteiger partial charge is 0.312 e. The molecular weight excluding hydrogens is 280 g/mol. The molecule has 21 heavy (non-hydrogen) atoms. The second-order valence-electron chi connectivity index (χ2n) is 4.66. The van der Waals surface area contributed by atoms with Crippen molar-refractivity contribution in [2.75, 3.05) is 6.54 Å². The Morgan fingerprint density at radius 2 is 1.81 bits per heavy atom. The third-order valence-corrected chi connectivity index (χ3v) is 2.76. The van der Waals surface area contributed by atoms with E-state index in [1.165, 1.54) is 6.92 Å². The van der Waals surface area contributed by atoms with Gasteiger partial charge in [-0.25, -0.2) is 4.79 Å². The quantitative estimate of drug-likeness (QED) is 0.315. The van der Waals surface area contributed by atoms with Gasteiger partial charge in [0.1, 0.15) is 0 Å². The lowest BCUT2D eigenvalue weighted by molar-refractivity contribution is -0.140. The second kappa shape index (κ2) is 9.70. The molecule has 0 radical (unpaired) electrons. The first-order valence-electron chi connectivity index (χ1n) is 6.55. The fourth-order valence-corrected chi connectivity index (χ4v) is 1.58. The summed E-state index contributed by atoms with van der Waals surface area (Å²) in [4.78, 5) is 44.0. The molecule has 9 nitrogen and oxygen atoms in total. The zero-order valence-electron chi connectivity index (χ0n) is 11.9. The minimum Gasteiger partial charge on any atom is -0.481 e. The second-order valence-corrected chi connectivity index (χ2v) is 4.66. The molecule has 3 amide bonds. The van der Waals surface area contributed by atoms with E-state index >= 15 is 0 Å². The number of nitrogens with one attached hydrogen (secondary N) is 2. The molecule has 0 bridgehead atoms. The van der Waals surface area contributed by atoms with Crippen molar-refractivity contribution in [3.63, 3.8) is 0 Å². The topological polar surface area (TPSA) is 165 Å². The van der Waals surface area contributed by atoms with Gasteiger partial charge in [-0.1, -0.05) is 0 Å². The standard InChI is InChI=1S/C12H22N4O5/c1-7(17)9(6-10(18)19)16-11(20)8(13)4-2-3-5-15-12(14)21/h8-9H,2-6,13H2,1H3,(H,16,20)(H,18,19)(H3,14,15,21)/t8-,9+/m1/s1. The van der Waals surface area contributed by atoms with Gasteiger partial charge in [-0.2, -0.15) is 0 Å². The van der Waals surface area contributed by atoms with Gasteiger partial charge >= 0.3 is 12.0 Å². The van der Waals surface area contributed by atoms with Crippen LogP contribution >= 0.6 is 0 Å². The van der Waals surface area contributed by atoms with E-state index < -0.39 is 42.2 Å². The van der Waals surface area contributed by atoms with Crippen LogP contribution in [-0.2, 0) is 14.4 Å². The third kappa shape index (κ3) is 9.38. The Hall–Kier alpha value is -2.16. The highest BCUT2D eigenvalue weighted by Crippen LogP contribution is 2.01. The van der Waals surface area contributed by atoms with Gasteiger partial charge in [-0.15, -0.1) is 0 Å². The SMILES string of the molecule is CC(=O)[C@H](CC(=O)O)NC(=O)[C@H](N)CCCCNC(N)=O. The number of urea groups is 1. The fraction of sp³-hybridized carbons (Fsp3) is 0.667. The Balaban J connectivity index is 4.09. The number of aliphatic carboxylic acids is 1. The fourth-order valence-electron chi connectivity index (χ4n) is 1.58. The van der Waals surface area contributed by atoms with Gasteiger partial charge in [0.15, 0.2) is 5.78 Å². The number of hydrogen-bond acceptors (Lipinski definition) is 5. The van der Waals surface area contributed by atoms with Crippen molar-refractivity contribution >= 4 is 23.7 Å². The number of rotatable bonds is 10. The van der Waals surface area contributed by atoms with Crippen molar-refractivity contribution in [2.24, 2.45) is 11.5 Å². The monoisotopic (exact) mass is 302 g/mol. The molecule has 0 aromatic carbocycles. The van der Waals surface area contributed by atoms with E-state index in [-0.39, 0.29) is 0 Å². The molecule has 0 rings (SSSR count). The molecule has 2 atom stereocenters. The average molecular weight is 302 g/mol. The Morgan fingerprint density at radius 3 is 2.29 bits per heavy atom. The molecule has 0 aliphatic rings. The number of primary amides is 1. The average Bonchev–Trinajstić information content (AvgIpc) is 2.36. The van der Waals surface area contributed by atoms with Gasteiger partial charge in [-0.3, -0.25) is 14.4 Å². The van der Waals surface area contributed by atoms with Crippen molar-refractivity contribution in [1.82, 2.24) is 10.6 Å². The summed E-state index contributed by atoms with van der Waals surface area (Å²) in [5.74, 6) is -2.19. The summed E-state index contributed by atoms with van der Waals surface area (Å²) in [6.07, 6.45) is 1.06. The molecule has 0 saturated carbocycles. The molecule has 0 aromatic rings. The molecule has 0 saturated heterocycles. The van der Waals surface area contributed by atoms with Crippen LogP contribution in [-0.4, -0.2) is 47.4 Å². The van der Waals surface area contributed by atoms with Crippen molar-refractivity contribution in [3.05, 3.63) is 0 Å². The number of amides is 3. The largest absolute Gasteiger partial charge is 0.481 e. The zero-order chi connectivity index (χ0) is 16.4. The van der Waals surface area contributed by atoms with Crippen LogP contribution in [0.5, 0.6) is 0 Å². The molecule has 0 unspecified atom stereocenters. The number of unbranched alkanes of at least 4 members (excludes halogenated alkanes) is 1. The van der Waals surface area contributed by atoms with Crippen LogP contribution in [0.15, 0.2) is 0 Å². The molecule has 0 aliphatic carbocycles. The maximum atomic E-state index is 11.7. The first-order chi connectivity index (χ1) is 9.73. The number of Topliss-reactive ketones (excluding diaryl/α,β-unsaturated/α-hetero) is 1. The van der Waals surface area contributed by atoms with Crippen molar-refractivity contribution in [2.45, 2.75) is 44.7 Å². The Kier molecular flexibility index (Phi) is 8.70. The maximum Gasteiger partial charge on any atom is 0.312 e. The minimum absolute atomic E-state index is 0.351. The summed E-state index contributed by atoms with van der Waals surface area (Å²) in [6, 6.07) is -2.53. The van der Waals surface area contributed by atoms with Crippen LogP contribution in [0.25, 0.3) is 0 Å². The van der Waals surface area contributed by atoms with Crippen LogP contribution in [0.1, 0.15) is 32.6 Å². The van der Waals surface area contributed by atoms with Crippen molar-refractivity contribution in [1.29, 1.82) is 0 Å². The van der Waals surface area contributed by atoms with E-state index in [2.05, 4.69) is 10.6 Å². The van der Waals surface area contributed by atoms with Crippen LogP contribution in [0.4, 0.5) is 4.79 Å². The number of ketones is 1. The number of carbonyl (C=O) groups is 4. The summed E-state index contributed by atoms with van der Waals surface area (Å²) in [6.45, 7) is 1.59. The molecule has 0 aliphatic heterocycles. The highest BCUT2D eigenvalue weighted by Gasteiger charge is 2.23. The molecular formula is C12H22N4O5. The number of carbonyl (C=O) groups excluding carboxylic acids is 3. The molecule has 120 valence electrons. The highest BCUT2D eigenvalue weighted by atomic mass is 16.4. The van der Waals surface area contributed by atoms with Gasteiger partial charge in [0.25, 0.3) is 0 Å². The van der Waals surface area contributed by atoms with E-state index in [9.17, 15) is 19.2 Å². The third-order valence-electron chi connectivity index (χ3n) is 2.76. The number of carboxylic acid groups (broad SMARTS) is 1. The summed E-state index contributed by atoms with van der Waals surface area (Å²) in [5, 5.41) is 13.4. The number of carboxylic acids is 1. The highest BCUT2D eigenvalue weighted by molar-refractivity contribution is 5.91. The summed E-state index contributed by atoms with van der Waals surface area (Å²) in [7, 11) is 0. The van der Waals surface area contributed by atoms with Gasteiger partial charge < -0.3 is 27.2 Å². The molecule has 0 fully saturated rings. The zero-order valence-corrected chi connectivity index (χ0v) is 11.9. The minimum atomic E-state index is -1.18. The lowest BCUT2D eigenvalue weighted by Crippen LogP contribution is -2.48. The molecule has 0 aromatic heterocycles. The predicted molar refractivity (Wildman–Crippen MR) is 74.3 cm³/mol. The maximum absolute atomic E-state index is 11.7. The van der Waals surface area contributed by atoms with E-state index in [0.29, 0.717) is 25.8 Å². The van der Waals surface area contributed by atoms with Crippen LogP contribution < -0.4 is 22.1 Å². The molecule has 0 spiro atoms. The normalized spacial score (nSPS) is 13.0. The Labute approximate surface area is 122 Å². The molecule has 7 N–H and O–H groups in total. The van der Waals surface area contributed by atoms with Gasteiger partial charge in [0.05, 0.1) is 18.5 Å². The van der Waals surface area contributed by atoms with Crippen LogP contribution in [0.2, 0.25) is 0 Å². The van der Waals surface area contributed by atoms with Crippen LogP contribution in [0, 0.1) is 0 Å². The summed E-state index contributed by atoms with van der Waals surface area (Å²) in [5.41, 5.74) is 10.5. The van der Waals surface area contributed by atoms with Crippen molar-refractivity contribution < 1.29 is 24.3 Å². The first kappa shape index (κ1) is 18.8. The van der Waals surface area contributed by atoms with E-state index in [1.807, 2.05) is 0 Å². The Bertz CT molecular complexity index is 399. The van der Waals surface area contributed by atoms with Gasteiger partial charge in [-0.05, 0) is 26.2 Å². The summed E-state index contributed by atoms with van der Waals surface area (Å²) < 4.78 is 0. The molecule has 0 heterocycles. The van der Waals surface area contributed by atoms with E-state index in [4.69, 9.17) is 16.6 Å². The van der Waals surface area contributed by atoms with E-state index in [0.717, 1.165) is 0 Å². The first-order valence-corrected chi connectivity index (χ1v) is 6.55. The van der Waals surface area contributed by atoms with Gasteiger partial charge in [0.2, 0.25) is 5.91 Å².